The van der Waals surface area contributed by atoms with Crippen molar-refractivity contribution in [2.45, 2.75) is 0 Å². The molecule has 2 aromatic rings. The fourth-order valence-corrected chi connectivity index (χ4v) is 2.48. The average molecular weight is 387 g/mol. The summed E-state index contributed by atoms with van der Waals surface area (Å²) in [5.41, 5.74) is 6.04. The Balaban J connectivity index is 2.28. The molecule has 7 heteroatoms. The Labute approximate surface area is 126 Å². The van der Waals surface area contributed by atoms with Gasteiger partial charge in [0.15, 0.2) is 5.84 Å². The van der Waals surface area contributed by atoms with E-state index < -0.39 is 0 Å². The molecule has 0 aliphatic rings. The van der Waals surface area contributed by atoms with Crippen LogP contribution in [0, 0.1) is 0 Å². The lowest BCUT2D eigenvalue weighted by atomic mass is 10.2. The molecule has 5 nitrogen and oxygen atoms in total. The third-order valence-electron chi connectivity index (χ3n) is 2.25. The van der Waals surface area contributed by atoms with Crippen LogP contribution < -0.4 is 10.5 Å². The molecule has 0 atom stereocenters. The third-order valence-corrected chi connectivity index (χ3v) is 3.36. The molecule has 0 radical (unpaired) electrons. The van der Waals surface area contributed by atoms with Gasteiger partial charge in [0.05, 0.1) is 4.47 Å². The second-order valence-corrected chi connectivity index (χ2v) is 5.31. The molecule has 0 unspecified atom stereocenters. The van der Waals surface area contributed by atoms with Crippen LogP contribution in [0.4, 0.5) is 0 Å². The Kier molecular flexibility index (Phi) is 4.39. The normalized spacial score (nSPS) is 11.4. The van der Waals surface area contributed by atoms with Crippen LogP contribution in [0.2, 0.25) is 0 Å². The molecular weight excluding hydrogens is 378 g/mol. The van der Waals surface area contributed by atoms with E-state index in [1.165, 1.54) is 6.20 Å². The molecule has 0 fully saturated rings. The number of amidine groups is 1. The quantitative estimate of drug-likeness (QED) is 0.366. The van der Waals surface area contributed by atoms with Crippen molar-refractivity contribution < 1.29 is 9.94 Å². The zero-order chi connectivity index (χ0) is 13.8. The molecule has 0 bridgehead atoms. The number of hydrogen-bond acceptors (Lipinski definition) is 4. The van der Waals surface area contributed by atoms with Crippen LogP contribution in [0.15, 0.2) is 50.6 Å². The Morgan fingerprint density at radius 3 is 2.74 bits per heavy atom. The highest BCUT2D eigenvalue weighted by Crippen LogP contribution is 2.31. The van der Waals surface area contributed by atoms with Crippen molar-refractivity contribution in [3.63, 3.8) is 0 Å². The number of pyridine rings is 1. The molecule has 1 aromatic carbocycles. The molecular formula is C12H9Br2N3O2. The minimum absolute atomic E-state index is 0.00196. The smallest absolute Gasteiger partial charge is 0.219 e. The summed E-state index contributed by atoms with van der Waals surface area (Å²) in [6, 6.07) is 8.73. The highest BCUT2D eigenvalue weighted by atomic mass is 79.9. The topological polar surface area (TPSA) is 80.7 Å². The van der Waals surface area contributed by atoms with E-state index in [-0.39, 0.29) is 5.84 Å². The molecule has 0 aliphatic carbocycles. The molecule has 98 valence electrons. The lowest BCUT2D eigenvalue weighted by Crippen LogP contribution is -2.13. The first kappa shape index (κ1) is 13.8. The lowest BCUT2D eigenvalue weighted by molar-refractivity contribution is 0.318. The Morgan fingerprint density at radius 1 is 1.26 bits per heavy atom. The fourth-order valence-electron chi connectivity index (χ4n) is 1.35. The zero-order valence-corrected chi connectivity index (χ0v) is 12.7. The van der Waals surface area contributed by atoms with Crippen molar-refractivity contribution in [2.75, 3.05) is 0 Å². The van der Waals surface area contributed by atoms with Gasteiger partial charge in [0.1, 0.15) is 5.75 Å². The van der Waals surface area contributed by atoms with Gasteiger partial charge in [-0.3, -0.25) is 0 Å². The van der Waals surface area contributed by atoms with E-state index >= 15 is 0 Å². The number of halogens is 2. The summed E-state index contributed by atoms with van der Waals surface area (Å²) < 4.78 is 7.35. The molecule has 0 saturated carbocycles. The van der Waals surface area contributed by atoms with E-state index in [0.717, 1.165) is 8.95 Å². The maximum Gasteiger partial charge on any atom is 0.219 e. The molecule has 19 heavy (non-hydrogen) atoms. The summed E-state index contributed by atoms with van der Waals surface area (Å²) in [6.07, 6.45) is 1.52. The van der Waals surface area contributed by atoms with E-state index in [0.29, 0.717) is 17.2 Å². The van der Waals surface area contributed by atoms with Gasteiger partial charge in [-0.1, -0.05) is 21.1 Å². The van der Waals surface area contributed by atoms with Gasteiger partial charge in [0.25, 0.3) is 0 Å². The first-order valence-electron chi connectivity index (χ1n) is 5.17. The van der Waals surface area contributed by atoms with Crippen molar-refractivity contribution in [2.24, 2.45) is 10.9 Å². The van der Waals surface area contributed by atoms with Crippen molar-refractivity contribution in [1.29, 1.82) is 0 Å². The second-order valence-electron chi connectivity index (χ2n) is 3.54. The Hall–Kier alpha value is -1.60. The zero-order valence-electron chi connectivity index (χ0n) is 9.55. The molecule has 0 aliphatic heterocycles. The summed E-state index contributed by atoms with van der Waals surface area (Å²) in [7, 11) is 0. The number of aromatic nitrogens is 1. The number of benzene rings is 1. The van der Waals surface area contributed by atoms with Crippen molar-refractivity contribution >= 4 is 37.7 Å². The van der Waals surface area contributed by atoms with Crippen LogP contribution in [0.5, 0.6) is 11.6 Å². The number of nitrogens with zero attached hydrogens (tertiary/aromatic N) is 2. The van der Waals surface area contributed by atoms with E-state index in [4.69, 9.17) is 15.7 Å². The monoisotopic (exact) mass is 385 g/mol. The molecule has 2 rings (SSSR count). The van der Waals surface area contributed by atoms with Crippen molar-refractivity contribution in [1.82, 2.24) is 4.98 Å². The molecule has 3 N–H and O–H groups in total. The highest BCUT2D eigenvalue weighted by Gasteiger charge is 2.06. The van der Waals surface area contributed by atoms with E-state index in [1.807, 2.05) is 12.1 Å². The number of oxime groups is 1. The third kappa shape index (κ3) is 3.45. The minimum Gasteiger partial charge on any atom is -0.438 e. The molecule has 1 heterocycles. The van der Waals surface area contributed by atoms with E-state index in [2.05, 4.69) is 42.0 Å². The lowest BCUT2D eigenvalue weighted by Gasteiger charge is -2.08. The highest BCUT2D eigenvalue weighted by molar-refractivity contribution is 9.11. The SMILES string of the molecule is NC(=NO)c1ccnc(Oc2ccc(Br)cc2Br)c1. The fraction of sp³-hybridized carbons (Fsp3) is 0. The van der Waals surface area contributed by atoms with Crippen LogP contribution in [-0.2, 0) is 0 Å². The van der Waals surface area contributed by atoms with Crippen molar-refractivity contribution in [3.8, 4) is 11.6 Å². The van der Waals surface area contributed by atoms with Gasteiger partial charge >= 0.3 is 0 Å². The van der Waals surface area contributed by atoms with Crippen molar-refractivity contribution in [3.05, 3.63) is 51.0 Å². The number of ether oxygens (including phenoxy) is 1. The van der Waals surface area contributed by atoms with Gasteiger partial charge in [0.2, 0.25) is 5.88 Å². The van der Waals surface area contributed by atoms with Crippen LogP contribution in [0.3, 0.4) is 0 Å². The van der Waals surface area contributed by atoms with Crippen LogP contribution >= 0.6 is 31.9 Å². The number of nitrogens with two attached hydrogens (primary N) is 1. The van der Waals surface area contributed by atoms with Gasteiger partial charge in [-0.05, 0) is 40.2 Å². The molecule has 0 saturated heterocycles. The average Bonchev–Trinajstić information content (AvgIpc) is 2.41. The van der Waals surface area contributed by atoms with Gasteiger partial charge in [-0.25, -0.2) is 4.98 Å². The predicted molar refractivity (Wildman–Crippen MR) is 78.7 cm³/mol. The summed E-state index contributed by atoms with van der Waals surface area (Å²) in [5, 5.41) is 11.6. The van der Waals surface area contributed by atoms with Gasteiger partial charge in [0, 0.05) is 22.3 Å². The van der Waals surface area contributed by atoms with Gasteiger partial charge in [-0.15, -0.1) is 0 Å². The maximum absolute atomic E-state index is 8.63. The van der Waals surface area contributed by atoms with E-state index in [9.17, 15) is 0 Å². The standard InChI is InChI=1S/C12H9Br2N3O2/c13-8-1-2-10(9(14)6-8)19-11-5-7(3-4-16-11)12(15)17-18/h1-6,18H,(H2,15,17). The van der Waals surface area contributed by atoms with Gasteiger partial charge in [-0.2, -0.15) is 0 Å². The second kappa shape index (κ2) is 6.03. The summed E-state index contributed by atoms with van der Waals surface area (Å²) in [6.45, 7) is 0. The summed E-state index contributed by atoms with van der Waals surface area (Å²) in [4.78, 5) is 4.07. The van der Waals surface area contributed by atoms with E-state index in [1.54, 1.807) is 18.2 Å². The molecule has 0 spiro atoms. The van der Waals surface area contributed by atoms with Crippen LogP contribution in [0.1, 0.15) is 5.56 Å². The number of rotatable bonds is 3. The maximum atomic E-state index is 8.63. The summed E-state index contributed by atoms with van der Waals surface area (Å²) in [5.74, 6) is 0.974. The first-order chi connectivity index (χ1) is 9.10. The summed E-state index contributed by atoms with van der Waals surface area (Å²) >= 11 is 6.76. The largest absolute Gasteiger partial charge is 0.438 e. The Morgan fingerprint density at radius 2 is 2.05 bits per heavy atom. The van der Waals surface area contributed by atoms with Crippen LogP contribution in [-0.4, -0.2) is 16.0 Å². The minimum atomic E-state index is 0.00196. The Bertz CT molecular complexity index is 632. The predicted octanol–water partition coefficient (Wildman–Crippen LogP) is 3.49. The molecule has 0 amide bonds. The number of hydrogen-bond donors (Lipinski definition) is 2. The van der Waals surface area contributed by atoms with Crippen LogP contribution in [0.25, 0.3) is 0 Å². The van der Waals surface area contributed by atoms with Gasteiger partial charge < -0.3 is 15.7 Å². The first-order valence-corrected chi connectivity index (χ1v) is 6.75. The molecule has 1 aromatic heterocycles.